The first kappa shape index (κ1) is 16.9. The van der Waals surface area contributed by atoms with E-state index in [1.807, 2.05) is 0 Å². The molecule has 116 valence electrons. The van der Waals surface area contributed by atoms with Gasteiger partial charge in [0.2, 0.25) is 5.91 Å². The zero-order valence-electron chi connectivity index (χ0n) is 13.1. The Kier molecular flexibility index (Phi) is 5.29. The molecule has 1 unspecified atom stereocenters. The summed E-state index contributed by atoms with van der Waals surface area (Å²) in [5, 5.41) is 2.46. The van der Waals surface area contributed by atoms with E-state index in [4.69, 9.17) is 4.74 Å². The van der Waals surface area contributed by atoms with Gasteiger partial charge in [-0.2, -0.15) is 0 Å². The number of carbonyl (C=O) groups excluding carboxylic acids is 2. The van der Waals surface area contributed by atoms with E-state index in [0.29, 0.717) is 6.42 Å². The molecule has 1 amide bonds. The second-order valence-electron chi connectivity index (χ2n) is 5.77. The van der Waals surface area contributed by atoms with Crippen molar-refractivity contribution in [2.45, 2.75) is 52.7 Å². The number of rotatable bonds is 4. The van der Waals surface area contributed by atoms with Crippen LogP contribution in [0.15, 0.2) is 23.1 Å². The van der Waals surface area contributed by atoms with Gasteiger partial charge in [0.15, 0.2) is 0 Å². The molecule has 1 rings (SSSR count). The molecule has 0 bridgehead atoms. The lowest BCUT2D eigenvalue weighted by molar-refractivity contribution is -0.159. The van der Waals surface area contributed by atoms with Crippen molar-refractivity contribution in [1.82, 2.24) is 4.57 Å². The second-order valence-corrected chi connectivity index (χ2v) is 5.77. The van der Waals surface area contributed by atoms with E-state index in [0.717, 1.165) is 0 Å². The third-order valence-corrected chi connectivity index (χ3v) is 2.69. The molecular formula is C15H22N2O4. The zero-order valence-corrected chi connectivity index (χ0v) is 13.1. The molecule has 21 heavy (non-hydrogen) atoms. The topological polar surface area (TPSA) is 77.4 Å². The number of hydrogen-bond acceptors (Lipinski definition) is 4. The van der Waals surface area contributed by atoms with Crippen molar-refractivity contribution in [2.75, 3.05) is 5.32 Å². The van der Waals surface area contributed by atoms with Crippen LogP contribution in [0.2, 0.25) is 0 Å². The monoisotopic (exact) mass is 294 g/mol. The summed E-state index contributed by atoms with van der Waals surface area (Å²) < 4.78 is 6.63. The van der Waals surface area contributed by atoms with E-state index in [1.54, 1.807) is 33.8 Å². The molecule has 1 aromatic rings. The first-order valence-electron chi connectivity index (χ1n) is 6.87. The van der Waals surface area contributed by atoms with Crippen LogP contribution in [-0.2, 0) is 14.3 Å². The summed E-state index contributed by atoms with van der Waals surface area (Å²) in [5.74, 6) is -0.803. The fourth-order valence-electron chi connectivity index (χ4n) is 1.89. The summed E-state index contributed by atoms with van der Waals surface area (Å²) in [5.41, 5.74) is -0.902. The van der Waals surface area contributed by atoms with Crippen molar-refractivity contribution < 1.29 is 14.3 Å². The first-order valence-corrected chi connectivity index (χ1v) is 6.87. The smallest absolute Gasteiger partial charge is 0.329 e. The van der Waals surface area contributed by atoms with Crippen LogP contribution in [0.5, 0.6) is 0 Å². The average Bonchev–Trinajstić information content (AvgIpc) is 2.31. The van der Waals surface area contributed by atoms with Gasteiger partial charge in [-0.05, 0) is 39.3 Å². The fraction of sp³-hybridized carbons (Fsp3) is 0.533. The average molecular weight is 294 g/mol. The van der Waals surface area contributed by atoms with Crippen molar-refractivity contribution >= 4 is 17.6 Å². The van der Waals surface area contributed by atoms with E-state index in [1.165, 1.54) is 23.8 Å². The summed E-state index contributed by atoms with van der Waals surface area (Å²) in [6.45, 7) is 8.43. The predicted molar refractivity (Wildman–Crippen MR) is 80.2 cm³/mol. The van der Waals surface area contributed by atoms with Crippen LogP contribution >= 0.6 is 0 Å². The lowest BCUT2D eigenvalue weighted by Gasteiger charge is -2.24. The number of amides is 1. The first-order chi connectivity index (χ1) is 9.65. The van der Waals surface area contributed by atoms with Crippen LogP contribution < -0.4 is 10.9 Å². The molecular weight excluding hydrogens is 272 g/mol. The summed E-state index contributed by atoms with van der Waals surface area (Å²) in [6, 6.07) is 2.40. The third-order valence-electron chi connectivity index (χ3n) is 2.69. The van der Waals surface area contributed by atoms with Crippen molar-refractivity contribution in [3.8, 4) is 0 Å². The number of ether oxygens (including phenoxy) is 1. The van der Waals surface area contributed by atoms with Crippen molar-refractivity contribution in [2.24, 2.45) is 0 Å². The van der Waals surface area contributed by atoms with Gasteiger partial charge in [-0.25, -0.2) is 4.79 Å². The maximum absolute atomic E-state index is 12.3. The number of aromatic nitrogens is 1. The SMILES string of the molecule is CCC(C(=O)OC(C)(C)C)n1cccc(NC(C)=O)c1=O. The molecule has 0 fully saturated rings. The number of anilines is 1. The maximum Gasteiger partial charge on any atom is 0.329 e. The van der Waals surface area contributed by atoms with E-state index in [9.17, 15) is 14.4 Å². The number of esters is 1. The van der Waals surface area contributed by atoms with E-state index in [-0.39, 0.29) is 11.6 Å². The molecule has 1 heterocycles. The standard InChI is InChI=1S/C15H22N2O4/c1-6-12(14(20)21-15(3,4)5)17-9-7-8-11(13(17)19)16-10(2)18/h7-9,12H,6H2,1-5H3,(H,16,18). The van der Waals surface area contributed by atoms with Crippen LogP contribution in [-0.4, -0.2) is 22.0 Å². The van der Waals surface area contributed by atoms with Crippen molar-refractivity contribution in [3.05, 3.63) is 28.7 Å². The van der Waals surface area contributed by atoms with Gasteiger partial charge in [0.05, 0.1) is 0 Å². The number of carbonyl (C=O) groups is 2. The molecule has 1 atom stereocenters. The Morgan fingerprint density at radius 1 is 1.38 bits per heavy atom. The molecule has 0 aliphatic carbocycles. The highest BCUT2D eigenvalue weighted by molar-refractivity contribution is 5.88. The number of nitrogens with one attached hydrogen (secondary N) is 1. The highest BCUT2D eigenvalue weighted by Gasteiger charge is 2.26. The molecule has 0 aliphatic rings. The minimum Gasteiger partial charge on any atom is -0.458 e. The van der Waals surface area contributed by atoms with Gasteiger partial charge in [0.25, 0.3) is 5.56 Å². The Labute approximate surface area is 124 Å². The summed E-state index contributed by atoms with van der Waals surface area (Å²) in [7, 11) is 0. The molecule has 1 N–H and O–H groups in total. The van der Waals surface area contributed by atoms with Gasteiger partial charge < -0.3 is 10.1 Å². The molecule has 6 heteroatoms. The van der Waals surface area contributed by atoms with Crippen LogP contribution in [0.1, 0.15) is 47.1 Å². The predicted octanol–water partition coefficient (Wildman–Crippen LogP) is 2.10. The van der Waals surface area contributed by atoms with Crippen LogP contribution in [0, 0.1) is 0 Å². The quantitative estimate of drug-likeness (QED) is 0.863. The number of pyridine rings is 1. The fourth-order valence-corrected chi connectivity index (χ4v) is 1.89. The molecule has 1 aromatic heterocycles. The molecule has 0 saturated heterocycles. The van der Waals surface area contributed by atoms with Crippen LogP contribution in [0.4, 0.5) is 5.69 Å². The van der Waals surface area contributed by atoms with Gasteiger partial charge >= 0.3 is 5.97 Å². The van der Waals surface area contributed by atoms with Gasteiger partial charge in [-0.1, -0.05) is 6.92 Å². The Balaban J connectivity index is 3.15. The normalized spacial score (nSPS) is 12.6. The number of nitrogens with zero attached hydrogens (tertiary/aromatic N) is 1. The Bertz CT molecular complexity index is 584. The minimum atomic E-state index is -0.717. The van der Waals surface area contributed by atoms with Crippen molar-refractivity contribution in [3.63, 3.8) is 0 Å². The highest BCUT2D eigenvalue weighted by Crippen LogP contribution is 2.17. The lowest BCUT2D eigenvalue weighted by Crippen LogP contribution is -2.35. The van der Waals surface area contributed by atoms with Gasteiger partial charge in [0.1, 0.15) is 17.3 Å². The maximum atomic E-state index is 12.3. The third kappa shape index (κ3) is 4.73. The second kappa shape index (κ2) is 6.56. The molecule has 0 spiro atoms. The van der Waals surface area contributed by atoms with Gasteiger partial charge in [-0.15, -0.1) is 0 Å². The molecule has 0 saturated carbocycles. The van der Waals surface area contributed by atoms with Crippen molar-refractivity contribution in [1.29, 1.82) is 0 Å². The Hall–Kier alpha value is -2.11. The summed E-state index contributed by atoms with van der Waals surface area (Å²) >= 11 is 0. The zero-order chi connectivity index (χ0) is 16.2. The highest BCUT2D eigenvalue weighted by atomic mass is 16.6. The van der Waals surface area contributed by atoms with E-state index in [2.05, 4.69) is 5.32 Å². The molecule has 0 radical (unpaired) electrons. The largest absolute Gasteiger partial charge is 0.458 e. The lowest BCUT2D eigenvalue weighted by atomic mass is 10.1. The number of hydrogen-bond donors (Lipinski definition) is 1. The van der Waals surface area contributed by atoms with Gasteiger partial charge in [0, 0.05) is 13.1 Å². The van der Waals surface area contributed by atoms with E-state index >= 15 is 0 Å². The minimum absolute atomic E-state index is 0.145. The van der Waals surface area contributed by atoms with Gasteiger partial charge in [-0.3, -0.25) is 14.2 Å². The van der Waals surface area contributed by atoms with Crippen LogP contribution in [0.25, 0.3) is 0 Å². The molecule has 0 aliphatic heterocycles. The summed E-state index contributed by atoms with van der Waals surface area (Å²) in [4.78, 5) is 35.6. The van der Waals surface area contributed by atoms with Crippen LogP contribution in [0.3, 0.4) is 0 Å². The summed E-state index contributed by atoms with van der Waals surface area (Å²) in [6.07, 6.45) is 1.93. The molecule has 6 nitrogen and oxygen atoms in total. The molecule has 0 aromatic carbocycles. The Morgan fingerprint density at radius 3 is 2.48 bits per heavy atom. The van der Waals surface area contributed by atoms with E-state index < -0.39 is 23.2 Å². The Morgan fingerprint density at radius 2 is 2.00 bits per heavy atom.